The molecule has 1 aromatic rings. The monoisotopic (exact) mass is 199 g/mol. The molecular formula is C8H13N3OS. The Morgan fingerprint density at radius 2 is 2.23 bits per heavy atom. The fourth-order valence-corrected chi connectivity index (χ4v) is 2.09. The third-order valence-electron chi connectivity index (χ3n) is 1.76. The number of nitrogens with zero attached hydrogens (tertiary/aromatic N) is 1. The minimum absolute atomic E-state index is 0.306. The summed E-state index contributed by atoms with van der Waals surface area (Å²) in [5, 5.41) is 0.455. The minimum atomic E-state index is -0.306. The molecule has 0 aromatic carbocycles. The van der Waals surface area contributed by atoms with Crippen molar-refractivity contribution in [1.29, 1.82) is 0 Å². The maximum Gasteiger partial charge on any atom is 0.294 e. The number of aromatic nitrogens is 1. The number of hydrogen-bond donors (Lipinski definition) is 2. The Labute approximate surface area is 81.1 Å². The minimum Gasteiger partial charge on any atom is -0.288 e. The van der Waals surface area contributed by atoms with Crippen LogP contribution in [-0.2, 0) is 12.8 Å². The Hall–Kier alpha value is -0.940. The number of nitrogen functional groups attached to an aromatic ring is 1. The van der Waals surface area contributed by atoms with E-state index in [4.69, 9.17) is 5.84 Å². The lowest BCUT2D eigenvalue weighted by Gasteiger charge is -1.91. The highest BCUT2D eigenvalue weighted by Gasteiger charge is 2.13. The van der Waals surface area contributed by atoms with Gasteiger partial charge in [-0.2, -0.15) is 0 Å². The number of amides is 1. The van der Waals surface area contributed by atoms with Crippen LogP contribution in [0.3, 0.4) is 0 Å². The van der Waals surface area contributed by atoms with Gasteiger partial charge in [0.1, 0.15) is 0 Å². The Bertz CT molecular complexity index is 287. The second-order valence-electron chi connectivity index (χ2n) is 2.57. The second-order valence-corrected chi connectivity index (χ2v) is 3.65. The van der Waals surface area contributed by atoms with E-state index in [0.717, 1.165) is 18.5 Å². The van der Waals surface area contributed by atoms with Crippen molar-refractivity contribution in [3.63, 3.8) is 0 Å². The van der Waals surface area contributed by atoms with E-state index >= 15 is 0 Å². The lowest BCUT2D eigenvalue weighted by Crippen LogP contribution is -2.29. The third kappa shape index (κ3) is 2.05. The Morgan fingerprint density at radius 1 is 1.54 bits per heavy atom. The molecule has 1 amide bonds. The summed E-state index contributed by atoms with van der Waals surface area (Å²) in [4.78, 5) is 16.5. The van der Waals surface area contributed by atoms with E-state index < -0.39 is 0 Å². The van der Waals surface area contributed by atoms with E-state index in [2.05, 4.69) is 17.3 Å². The molecule has 0 radical (unpaired) electrons. The first-order chi connectivity index (χ1) is 6.22. The number of aryl methyl sites for hydroxylation is 2. The number of hydrazine groups is 1. The first-order valence-electron chi connectivity index (χ1n) is 4.22. The van der Waals surface area contributed by atoms with Crippen molar-refractivity contribution in [2.45, 2.75) is 26.7 Å². The topological polar surface area (TPSA) is 68.0 Å². The molecular weight excluding hydrogens is 186 g/mol. The van der Waals surface area contributed by atoms with Crippen molar-refractivity contribution in [2.75, 3.05) is 0 Å². The average Bonchev–Trinajstić information content (AvgIpc) is 2.59. The van der Waals surface area contributed by atoms with E-state index in [0.29, 0.717) is 5.01 Å². The molecule has 13 heavy (non-hydrogen) atoms. The molecule has 0 aliphatic rings. The number of hydrogen-bond acceptors (Lipinski definition) is 4. The van der Waals surface area contributed by atoms with Gasteiger partial charge in [-0.15, -0.1) is 11.3 Å². The van der Waals surface area contributed by atoms with Crippen LogP contribution >= 0.6 is 11.3 Å². The van der Waals surface area contributed by atoms with Crippen molar-refractivity contribution in [2.24, 2.45) is 5.84 Å². The lowest BCUT2D eigenvalue weighted by atomic mass is 10.2. The van der Waals surface area contributed by atoms with Crippen LogP contribution in [0.1, 0.15) is 34.2 Å². The molecule has 0 spiro atoms. The summed E-state index contributed by atoms with van der Waals surface area (Å²) in [5.74, 6) is 4.71. The summed E-state index contributed by atoms with van der Waals surface area (Å²) in [5.41, 5.74) is 3.08. The fraction of sp³-hybridized carbons (Fsp3) is 0.500. The van der Waals surface area contributed by atoms with Crippen LogP contribution in [-0.4, -0.2) is 10.9 Å². The van der Waals surface area contributed by atoms with E-state index in [9.17, 15) is 4.79 Å². The van der Waals surface area contributed by atoms with Crippen molar-refractivity contribution in [1.82, 2.24) is 10.4 Å². The number of rotatable bonds is 3. The quantitative estimate of drug-likeness (QED) is 0.431. The molecule has 5 heteroatoms. The van der Waals surface area contributed by atoms with Gasteiger partial charge in [0.2, 0.25) is 0 Å². The molecule has 1 aromatic heterocycles. The van der Waals surface area contributed by atoms with Crippen molar-refractivity contribution in [3.8, 4) is 0 Å². The Morgan fingerprint density at radius 3 is 2.62 bits per heavy atom. The molecule has 0 atom stereocenters. The summed E-state index contributed by atoms with van der Waals surface area (Å²) < 4.78 is 0. The van der Waals surface area contributed by atoms with Crippen LogP contribution in [0.2, 0.25) is 0 Å². The normalized spacial score (nSPS) is 10.1. The van der Waals surface area contributed by atoms with Gasteiger partial charge in [-0.25, -0.2) is 10.8 Å². The number of nitrogens with two attached hydrogens (primary N) is 1. The predicted molar refractivity (Wildman–Crippen MR) is 52.5 cm³/mol. The van der Waals surface area contributed by atoms with Gasteiger partial charge in [0.25, 0.3) is 5.91 Å². The smallest absolute Gasteiger partial charge is 0.288 e. The largest absolute Gasteiger partial charge is 0.294 e. The third-order valence-corrected chi connectivity index (χ3v) is 3.00. The van der Waals surface area contributed by atoms with E-state index in [1.807, 2.05) is 6.92 Å². The summed E-state index contributed by atoms with van der Waals surface area (Å²) in [6.45, 7) is 4.08. The van der Waals surface area contributed by atoms with E-state index in [1.165, 1.54) is 16.2 Å². The molecule has 72 valence electrons. The average molecular weight is 199 g/mol. The zero-order valence-electron chi connectivity index (χ0n) is 7.76. The Balaban J connectivity index is 2.99. The molecule has 3 N–H and O–H groups in total. The molecule has 0 saturated heterocycles. The van der Waals surface area contributed by atoms with Crippen LogP contribution in [0.25, 0.3) is 0 Å². The summed E-state index contributed by atoms with van der Waals surface area (Å²) >= 11 is 1.41. The molecule has 0 saturated carbocycles. The highest BCUT2D eigenvalue weighted by Crippen LogP contribution is 2.19. The summed E-state index contributed by atoms with van der Waals surface area (Å²) in [6, 6.07) is 0. The zero-order chi connectivity index (χ0) is 9.84. The van der Waals surface area contributed by atoms with Gasteiger partial charge in [0, 0.05) is 4.88 Å². The second kappa shape index (κ2) is 4.34. The molecule has 4 nitrogen and oxygen atoms in total. The zero-order valence-corrected chi connectivity index (χ0v) is 8.57. The van der Waals surface area contributed by atoms with Crippen LogP contribution in [0.5, 0.6) is 0 Å². The molecule has 0 unspecified atom stereocenters. The maximum absolute atomic E-state index is 11.1. The molecule has 1 rings (SSSR count). The van der Waals surface area contributed by atoms with Crippen molar-refractivity contribution in [3.05, 3.63) is 15.6 Å². The van der Waals surface area contributed by atoms with Gasteiger partial charge in [0.05, 0.1) is 5.69 Å². The first-order valence-corrected chi connectivity index (χ1v) is 5.04. The molecule has 0 aliphatic carbocycles. The fourth-order valence-electron chi connectivity index (χ4n) is 1.09. The SMILES string of the molecule is CCc1nc(C(=O)NN)sc1CC. The van der Waals surface area contributed by atoms with Crippen LogP contribution < -0.4 is 11.3 Å². The molecule has 0 fully saturated rings. The Kier molecular flexibility index (Phi) is 3.39. The summed E-state index contributed by atoms with van der Waals surface area (Å²) in [6.07, 6.45) is 1.77. The van der Waals surface area contributed by atoms with Gasteiger partial charge < -0.3 is 0 Å². The standard InChI is InChI=1S/C8H13N3OS/c1-3-5-6(4-2)13-8(10-5)7(12)11-9/h3-4,9H2,1-2H3,(H,11,12). The molecule has 0 aliphatic heterocycles. The van der Waals surface area contributed by atoms with Gasteiger partial charge in [0.15, 0.2) is 5.01 Å². The van der Waals surface area contributed by atoms with Gasteiger partial charge in [-0.1, -0.05) is 13.8 Å². The maximum atomic E-state index is 11.1. The number of carbonyl (C=O) groups is 1. The van der Waals surface area contributed by atoms with E-state index in [1.54, 1.807) is 0 Å². The molecule has 0 bridgehead atoms. The van der Waals surface area contributed by atoms with Crippen LogP contribution in [0.4, 0.5) is 0 Å². The predicted octanol–water partition coefficient (Wildman–Crippen LogP) is 0.871. The van der Waals surface area contributed by atoms with Crippen molar-refractivity contribution < 1.29 is 4.79 Å². The van der Waals surface area contributed by atoms with Crippen LogP contribution in [0, 0.1) is 0 Å². The van der Waals surface area contributed by atoms with Crippen molar-refractivity contribution >= 4 is 17.2 Å². The highest BCUT2D eigenvalue weighted by molar-refractivity contribution is 7.13. The number of thiazole rings is 1. The lowest BCUT2D eigenvalue weighted by molar-refractivity contribution is 0.0953. The van der Waals surface area contributed by atoms with E-state index in [-0.39, 0.29) is 5.91 Å². The highest BCUT2D eigenvalue weighted by atomic mass is 32.1. The van der Waals surface area contributed by atoms with Gasteiger partial charge in [-0.05, 0) is 12.8 Å². The number of nitrogens with one attached hydrogen (secondary N) is 1. The van der Waals surface area contributed by atoms with Gasteiger partial charge >= 0.3 is 0 Å². The number of carbonyl (C=O) groups excluding carboxylic acids is 1. The van der Waals surface area contributed by atoms with Gasteiger partial charge in [-0.3, -0.25) is 10.2 Å². The molecule has 1 heterocycles. The summed E-state index contributed by atoms with van der Waals surface area (Å²) in [7, 11) is 0. The van der Waals surface area contributed by atoms with Crippen LogP contribution in [0.15, 0.2) is 0 Å². The first kappa shape index (κ1) is 10.1.